The van der Waals surface area contributed by atoms with Gasteiger partial charge in [-0.05, 0) is 25.5 Å². The summed E-state index contributed by atoms with van der Waals surface area (Å²) in [7, 11) is 1.98. The van der Waals surface area contributed by atoms with Crippen molar-refractivity contribution in [2.45, 2.75) is 25.9 Å². The molecule has 0 saturated carbocycles. The van der Waals surface area contributed by atoms with E-state index in [9.17, 15) is 0 Å². The number of nitrogens with one attached hydrogen (secondary N) is 2. The number of benzene rings is 1. The summed E-state index contributed by atoms with van der Waals surface area (Å²) < 4.78 is 7.43. The van der Waals surface area contributed by atoms with Crippen LogP contribution in [0.2, 0.25) is 0 Å². The maximum absolute atomic E-state index is 5.45. The number of rotatable bonds is 7. The van der Waals surface area contributed by atoms with Gasteiger partial charge in [0, 0.05) is 58.0 Å². The molecule has 31 heavy (non-hydrogen) atoms. The molecule has 0 radical (unpaired) electrons. The van der Waals surface area contributed by atoms with E-state index in [0.29, 0.717) is 12.6 Å². The Morgan fingerprint density at radius 1 is 1.16 bits per heavy atom. The highest BCUT2D eigenvalue weighted by molar-refractivity contribution is 5.80. The molecule has 4 rings (SSSR count). The number of hydrogen-bond acceptors (Lipinski definition) is 6. The standard InChI is InChI=1S/C22H34N8O/c1-18-26-27-21(28(18)2)16-24-22(23-9-11-29-12-14-31-15-13-29)25-19-8-10-30(17-19)20-6-4-3-5-7-20/h3-7,19H,8-17H2,1-2H3,(H2,23,24,25). The smallest absolute Gasteiger partial charge is 0.192 e. The molecule has 0 aliphatic carbocycles. The molecule has 1 atom stereocenters. The second kappa shape index (κ2) is 10.6. The number of guanidine groups is 1. The van der Waals surface area contributed by atoms with Crippen molar-refractivity contribution in [2.75, 3.05) is 57.4 Å². The Morgan fingerprint density at radius 2 is 1.97 bits per heavy atom. The van der Waals surface area contributed by atoms with Crippen molar-refractivity contribution in [1.82, 2.24) is 30.3 Å². The van der Waals surface area contributed by atoms with Crippen LogP contribution in [-0.4, -0.2) is 84.1 Å². The van der Waals surface area contributed by atoms with Crippen LogP contribution in [0.5, 0.6) is 0 Å². The summed E-state index contributed by atoms with van der Waals surface area (Å²) >= 11 is 0. The zero-order chi connectivity index (χ0) is 21.5. The van der Waals surface area contributed by atoms with Crippen LogP contribution < -0.4 is 15.5 Å². The van der Waals surface area contributed by atoms with Crippen molar-refractivity contribution in [3.05, 3.63) is 42.0 Å². The van der Waals surface area contributed by atoms with Crippen molar-refractivity contribution >= 4 is 11.6 Å². The molecule has 1 unspecified atom stereocenters. The van der Waals surface area contributed by atoms with Crippen LogP contribution in [0.1, 0.15) is 18.1 Å². The molecule has 168 valence electrons. The van der Waals surface area contributed by atoms with Gasteiger partial charge in [0.25, 0.3) is 0 Å². The van der Waals surface area contributed by atoms with E-state index >= 15 is 0 Å². The lowest BCUT2D eigenvalue weighted by atomic mass is 10.2. The first kappa shape index (κ1) is 21.6. The number of aliphatic imine (C=N–C) groups is 1. The van der Waals surface area contributed by atoms with Gasteiger partial charge in [0.15, 0.2) is 11.8 Å². The minimum Gasteiger partial charge on any atom is -0.379 e. The highest BCUT2D eigenvalue weighted by atomic mass is 16.5. The molecule has 2 saturated heterocycles. The fraction of sp³-hybridized carbons (Fsp3) is 0.591. The van der Waals surface area contributed by atoms with Gasteiger partial charge in [0.2, 0.25) is 0 Å². The summed E-state index contributed by atoms with van der Waals surface area (Å²) in [6, 6.07) is 11.0. The third-order valence-electron chi connectivity index (χ3n) is 6.04. The van der Waals surface area contributed by atoms with Crippen molar-refractivity contribution in [1.29, 1.82) is 0 Å². The van der Waals surface area contributed by atoms with Crippen LogP contribution in [-0.2, 0) is 18.3 Å². The minimum absolute atomic E-state index is 0.357. The van der Waals surface area contributed by atoms with E-state index in [0.717, 1.165) is 76.5 Å². The zero-order valence-electron chi connectivity index (χ0n) is 18.6. The molecule has 2 N–H and O–H groups in total. The second-order valence-corrected chi connectivity index (χ2v) is 8.18. The fourth-order valence-electron chi connectivity index (χ4n) is 3.99. The maximum Gasteiger partial charge on any atom is 0.192 e. The molecule has 3 heterocycles. The normalized spacial score (nSPS) is 20.3. The molecular weight excluding hydrogens is 392 g/mol. The minimum atomic E-state index is 0.357. The topological polar surface area (TPSA) is 82.8 Å². The fourth-order valence-corrected chi connectivity index (χ4v) is 3.99. The molecule has 0 spiro atoms. The summed E-state index contributed by atoms with van der Waals surface area (Å²) in [6.07, 6.45) is 1.09. The van der Waals surface area contributed by atoms with Gasteiger partial charge in [-0.3, -0.25) is 4.90 Å². The summed E-state index contributed by atoms with van der Waals surface area (Å²) in [5.74, 6) is 2.60. The van der Waals surface area contributed by atoms with Gasteiger partial charge in [-0.15, -0.1) is 10.2 Å². The van der Waals surface area contributed by atoms with E-state index in [1.54, 1.807) is 0 Å². The number of aromatic nitrogens is 3. The lowest BCUT2D eigenvalue weighted by molar-refractivity contribution is 0.0389. The number of para-hydroxylation sites is 1. The van der Waals surface area contributed by atoms with Crippen LogP contribution in [0.3, 0.4) is 0 Å². The predicted molar refractivity (Wildman–Crippen MR) is 122 cm³/mol. The first-order chi connectivity index (χ1) is 15.2. The zero-order valence-corrected chi connectivity index (χ0v) is 18.6. The highest BCUT2D eigenvalue weighted by Gasteiger charge is 2.23. The quantitative estimate of drug-likeness (QED) is 0.500. The molecule has 2 aliphatic rings. The number of aryl methyl sites for hydroxylation is 1. The summed E-state index contributed by atoms with van der Waals surface area (Å²) in [4.78, 5) is 9.67. The molecule has 9 heteroatoms. The number of anilines is 1. The predicted octanol–water partition coefficient (Wildman–Crippen LogP) is 0.770. The average Bonchev–Trinajstić information content (AvgIpc) is 3.40. The first-order valence-corrected chi connectivity index (χ1v) is 11.2. The largest absolute Gasteiger partial charge is 0.379 e. The van der Waals surface area contributed by atoms with Gasteiger partial charge in [-0.1, -0.05) is 18.2 Å². The van der Waals surface area contributed by atoms with E-state index in [4.69, 9.17) is 9.73 Å². The Morgan fingerprint density at radius 3 is 2.71 bits per heavy atom. The van der Waals surface area contributed by atoms with E-state index < -0.39 is 0 Å². The van der Waals surface area contributed by atoms with Crippen molar-refractivity contribution in [3.63, 3.8) is 0 Å². The van der Waals surface area contributed by atoms with Crippen LogP contribution in [0.15, 0.2) is 35.3 Å². The molecule has 9 nitrogen and oxygen atoms in total. The Hall–Kier alpha value is -2.65. The molecule has 1 aromatic carbocycles. The third-order valence-corrected chi connectivity index (χ3v) is 6.04. The van der Waals surface area contributed by atoms with Crippen LogP contribution >= 0.6 is 0 Å². The Labute approximate surface area is 184 Å². The van der Waals surface area contributed by atoms with Crippen LogP contribution in [0.25, 0.3) is 0 Å². The molecule has 2 aromatic rings. The average molecular weight is 427 g/mol. The summed E-state index contributed by atoms with van der Waals surface area (Å²) in [5, 5.41) is 15.6. The maximum atomic E-state index is 5.45. The Kier molecular flexibility index (Phi) is 7.37. The molecule has 0 amide bonds. The molecule has 2 aliphatic heterocycles. The summed E-state index contributed by atoms with van der Waals surface area (Å²) in [6.45, 7) is 9.93. The molecular formula is C22H34N8O. The number of morpholine rings is 1. The van der Waals surface area contributed by atoms with Gasteiger partial charge >= 0.3 is 0 Å². The van der Waals surface area contributed by atoms with Crippen LogP contribution in [0, 0.1) is 6.92 Å². The molecule has 1 aromatic heterocycles. The van der Waals surface area contributed by atoms with E-state index in [1.165, 1.54) is 5.69 Å². The second-order valence-electron chi connectivity index (χ2n) is 8.18. The third kappa shape index (κ3) is 5.95. The van der Waals surface area contributed by atoms with Gasteiger partial charge < -0.3 is 24.8 Å². The first-order valence-electron chi connectivity index (χ1n) is 11.2. The molecule has 0 bridgehead atoms. The van der Waals surface area contributed by atoms with Gasteiger partial charge in [0.1, 0.15) is 12.4 Å². The van der Waals surface area contributed by atoms with Crippen molar-refractivity contribution < 1.29 is 4.74 Å². The van der Waals surface area contributed by atoms with E-state index in [2.05, 4.69) is 61.0 Å². The summed E-state index contributed by atoms with van der Waals surface area (Å²) in [5.41, 5.74) is 1.28. The van der Waals surface area contributed by atoms with Crippen molar-refractivity contribution in [2.24, 2.45) is 12.0 Å². The number of nitrogens with zero attached hydrogens (tertiary/aromatic N) is 6. The monoisotopic (exact) mass is 426 g/mol. The Bertz CT molecular complexity index is 846. The lowest BCUT2D eigenvalue weighted by Gasteiger charge is -2.27. The van der Waals surface area contributed by atoms with Gasteiger partial charge in [-0.2, -0.15) is 0 Å². The Balaban J connectivity index is 1.35. The number of hydrogen-bond donors (Lipinski definition) is 2. The van der Waals surface area contributed by atoms with Gasteiger partial charge in [-0.25, -0.2) is 4.99 Å². The molecule has 2 fully saturated rings. The van der Waals surface area contributed by atoms with E-state index in [1.807, 2.05) is 18.5 Å². The number of ether oxygens (including phenoxy) is 1. The van der Waals surface area contributed by atoms with Gasteiger partial charge in [0.05, 0.1) is 13.2 Å². The van der Waals surface area contributed by atoms with E-state index in [-0.39, 0.29) is 0 Å². The highest BCUT2D eigenvalue weighted by Crippen LogP contribution is 2.19. The SMILES string of the molecule is Cc1nnc(CN=C(NCCN2CCOCC2)NC2CCN(c3ccccc3)C2)n1C. The van der Waals surface area contributed by atoms with Crippen LogP contribution in [0.4, 0.5) is 5.69 Å². The lowest BCUT2D eigenvalue weighted by Crippen LogP contribution is -2.47. The van der Waals surface area contributed by atoms with Crippen molar-refractivity contribution in [3.8, 4) is 0 Å².